The van der Waals surface area contributed by atoms with Gasteiger partial charge in [0.05, 0.1) is 25.2 Å². The molecule has 0 bridgehead atoms. The van der Waals surface area contributed by atoms with Gasteiger partial charge in [-0.15, -0.1) is 0 Å². The van der Waals surface area contributed by atoms with E-state index in [1.807, 2.05) is 72.8 Å². The normalized spacial score (nSPS) is 19.9. The van der Waals surface area contributed by atoms with Crippen LogP contribution in [0.5, 0.6) is 0 Å². The minimum absolute atomic E-state index is 0.00868. The van der Waals surface area contributed by atoms with Gasteiger partial charge in [-0.1, -0.05) is 60.7 Å². The maximum atomic E-state index is 12.1. The van der Waals surface area contributed by atoms with Crippen molar-refractivity contribution >= 4 is 17.8 Å². The van der Waals surface area contributed by atoms with Crippen LogP contribution in [0, 0.1) is 0 Å². The summed E-state index contributed by atoms with van der Waals surface area (Å²) in [5.41, 5.74) is 5.70. The zero-order valence-electron chi connectivity index (χ0n) is 26.8. The third-order valence-corrected chi connectivity index (χ3v) is 8.76. The number of nitrogens with one attached hydrogen (secondary N) is 1. The fraction of sp³-hybridized carbons (Fsp3) is 0.351. The molecule has 250 valence electrons. The summed E-state index contributed by atoms with van der Waals surface area (Å²) in [6.45, 7) is 4.52. The Morgan fingerprint density at radius 3 is 2.27 bits per heavy atom. The zero-order valence-corrected chi connectivity index (χ0v) is 26.8. The molecule has 1 aromatic heterocycles. The Labute approximate surface area is 280 Å². The number of ether oxygens (including phenoxy) is 2. The van der Waals surface area contributed by atoms with E-state index >= 15 is 0 Å². The highest BCUT2D eigenvalue weighted by Crippen LogP contribution is 2.39. The molecule has 0 spiro atoms. The number of benzene rings is 3. The minimum Gasteiger partial charge on any atom is -0.481 e. The molecule has 2 fully saturated rings. The molecule has 2 saturated heterocycles. The first-order valence-corrected chi connectivity index (χ1v) is 16.4. The molecule has 48 heavy (non-hydrogen) atoms. The van der Waals surface area contributed by atoms with E-state index in [1.54, 1.807) is 12.4 Å². The summed E-state index contributed by atoms with van der Waals surface area (Å²) < 4.78 is 13.3. The predicted molar refractivity (Wildman–Crippen MR) is 180 cm³/mol. The molecule has 2 aliphatic heterocycles. The van der Waals surface area contributed by atoms with Crippen LogP contribution in [-0.4, -0.2) is 75.8 Å². The lowest BCUT2D eigenvalue weighted by molar-refractivity contribution is -0.253. The van der Waals surface area contributed by atoms with Crippen LogP contribution in [-0.2, 0) is 32.2 Å². The van der Waals surface area contributed by atoms with Gasteiger partial charge in [0, 0.05) is 70.1 Å². The molecule has 1 amide bonds. The molecule has 3 N–H and O–H groups in total. The number of aliphatic carboxylic acids is 1. The van der Waals surface area contributed by atoms with Gasteiger partial charge in [0.1, 0.15) is 0 Å². The highest BCUT2D eigenvalue weighted by Gasteiger charge is 2.34. The first kappa shape index (κ1) is 33.2. The summed E-state index contributed by atoms with van der Waals surface area (Å²) in [6, 6.07) is 25.8. The maximum Gasteiger partial charge on any atom is 0.303 e. The Bertz CT molecular complexity index is 1660. The van der Waals surface area contributed by atoms with Crippen molar-refractivity contribution in [1.29, 1.82) is 0 Å². The van der Waals surface area contributed by atoms with E-state index in [2.05, 4.69) is 31.2 Å². The number of carbonyl (C=O) groups excluding carboxylic acids is 1. The Balaban J connectivity index is 1.16. The van der Waals surface area contributed by atoms with Gasteiger partial charge in [0.2, 0.25) is 11.9 Å². The van der Waals surface area contributed by atoms with Crippen LogP contribution in [0.25, 0.3) is 11.1 Å². The standard InChI is InChI=1S/C37H41N5O6/c43-25-26-8-10-28(11-9-26)33-22-32(24-41-16-18-42(19-17-41)37-38-14-3-15-39-37)47-36(48-33)31-7-2-6-30(21-31)29-5-1-4-27(20-29)23-40-34(44)12-13-35(45)46/h1-11,14-15,20-21,32-33,36,43H,12-13,16-19,22-25H2,(H,40,44)(H,45,46)/t32-,33+,36+/m0/s1. The maximum absolute atomic E-state index is 12.1. The van der Waals surface area contributed by atoms with Crippen LogP contribution >= 0.6 is 0 Å². The van der Waals surface area contributed by atoms with E-state index in [9.17, 15) is 14.7 Å². The highest BCUT2D eigenvalue weighted by molar-refractivity contribution is 5.80. The van der Waals surface area contributed by atoms with Crippen LogP contribution in [0.2, 0.25) is 0 Å². The number of rotatable bonds is 12. The SMILES string of the molecule is O=C(O)CCC(=O)NCc1cccc(-c2cccc([C@@H]3O[C@H](CN4CCN(c5ncccn5)CC4)C[C@H](c4ccc(CO)cc4)O3)c2)c1. The Hall–Kier alpha value is -4.68. The molecule has 11 nitrogen and oxygen atoms in total. The largest absolute Gasteiger partial charge is 0.481 e. The third-order valence-electron chi connectivity index (χ3n) is 8.76. The fourth-order valence-corrected chi connectivity index (χ4v) is 6.14. The first-order valence-electron chi connectivity index (χ1n) is 16.4. The van der Waals surface area contributed by atoms with Crippen molar-refractivity contribution in [3.63, 3.8) is 0 Å². The lowest BCUT2D eigenvalue weighted by atomic mass is 9.98. The summed E-state index contributed by atoms with van der Waals surface area (Å²) in [4.78, 5) is 36.3. The summed E-state index contributed by atoms with van der Waals surface area (Å²) >= 11 is 0. The average molecular weight is 652 g/mol. The molecule has 4 aromatic rings. The summed E-state index contributed by atoms with van der Waals surface area (Å²) in [7, 11) is 0. The van der Waals surface area contributed by atoms with Gasteiger partial charge in [-0.05, 0) is 46.0 Å². The molecule has 11 heteroatoms. The lowest BCUT2D eigenvalue weighted by Crippen LogP contribution is -2.50. The molecular formula is C37H41N5O6. The molecule has 0 aliphatic carbocycles. The molecule has 2 aliphatic rings. The van der Waals surface area contributed by atoms with Gasteiger partial charge in [-0.3, -0.25) is 14.5 Å². The second kappa shape index (κ2) is 15.9. The summed E-state index contributed by atoms with van der Waals surface area (Å²) in [6.07, 6.45) is 3.18. The molecule has 3 aromatic carbocycles. The van der Waals surface area contributed by atoms with Gasteiger partial charge in [-0.25, -0.2) is 9.97 Å². The van der Waals surface area contributed by atoms with Crippen molar-refractivity contribution in [3.8, 4) is 11.1 Å². The molecule has 3 atom stereocenters. The fourth-order valence-electron chi connectivity index (χ4n) is 6.14. The molecule has 0 saturated carbocycles. The number of aliphatic hydroxyl groups is 1. The number of amides is 1. The average Bonchev–Trinajstić information content (AvgIpc) is 3.14. The summed E-state index contributed by atoms with van der Waals surface area (Å²) in [5, 5.41) is 21.2. The van der Waals surface area contributed by atoms with Crippen molar-refractivity contribution < 1.29 is 29.3 Å². The monoisotopic (exact) mass is 651 g/mol. The lowest BCUT2D eigenvalue weighted by Gasteiger charge is -2.40. The van der Waals surface area contributed by atoms with Crippen molar-refractivity contribution in [1.82, 2.24) is 20.2 Å². The minimum atomic E-state index is -0.993. The number of aliphatic hydroxyl groups excluding tert-OH is 1. The van der Waals surface area contributed by atoms with Crippen LogP contribution < -0.4 is 10.2 Å². The number of aromatic nitrogens is 2. The Morgan fingerprint density at radius 2 is 1.54 bits per heavy atom. The van der Waals surface area contributed by atoms with Gasteiger partial charge >= 0.3 is 5.97 Å². The second-order valence-electron chi connectivity index (χ2n) is 12.2. The molecule has 3 heterocycles. The van der Waals surface area contributed by atoms with Crippen LogP contribution in [0.15, 0.2) is 91.3 Å². The van der Waals surface area contributed by atoms with Crippen LogP contribution in [0.1, 0.15) is 53.9 Å². The number of nitrogens with zero attached hydrogens (tertiary/aromatic N) is 4. The van der Waals surface area contributed by atoms with Gasteiger partial charge < -0.3 is 29.9 Å². The van der Waals surface area contributed by atoms with E-state index in [0.717, 1.165) is 72.1 Å². The number of anilines is 1. The Kier molecular flexibility index (Phi) is 11.0. The van der Waals surface area contributed by atoms with Crippen LogP contribution in [0.4, 0.5) is 5.95 Å². The number of piperazine rings is 1. The van der Waals surface area contributed by atoms with Crippen LogP contribution in [0.3, 0.4) is 0 Å². The smallest absolute Gasteiger partial charge is 0.303 e. The highest BCUT2D eigenvalue weighted by atomic mass is 16.7. The number of carboxylic acids is 1. The third kappa shape index (κ3) is 8.81. The molecule has 0 radical (unpaired) electrons. The Morgan fingerprint density at radius 1 is 0.812 bits per heavy atom. The predicted octanol–water partition coefficient (Wildman–Crippen LogP) is 4.48. The second-order valence-corrected chi connectivity index (χ2v) is 12.2. The molecule has 0 unspecified atom stereocenters. The molecular weight excluding hydrogens is 610 g/mol. The van der Waals surface area contributed by atoms with Crippen molar-refractivity contribution in [2.45, 2.75) is 50.9 Å². The van der Waals surface area contributed by atoms with Gasteiger partial charge in [0.15, 0.2) is 6.29 Å². The van der Waals surface area contributed by atoms with Crippen molar-refractivity contribution in [2.75, 3.05) is 37.6 Å². The van der Waals surface area contributed by atoms with Crippen molar-refractivity contribution in [2.24, 2.45) is 0 Å². The van der Waals surface area contributed by atoms with E-state index < -0.39 is 12.3 Å². The quantitative estimate of drug-likeness (QED) is 0.201. The van der Waals surface area contributed by atoms with E-state index in [4.69, 9.17) is 14.6 Å². The number of carboxylic acid groups (broad SMARTS) is 1. The first-order chi connectivity index (χ1) is 23.4. The van der Waals surface area contributed by atoms with Gasteiger partial charge in [-0.2, -0.15) is 0 Å². The van der Waals surface area contributed by atoms with E-state index in [-0.39, 0.29) is 37.6 Å². The molecule has 6 rings (SSSR count). The van der Waals surface area contributed by atoms with Gasteiger partial charge in [0.25, 0.3) is 0 Å². The number of carbonyl (C=O) groups is 2. The number of hydrogen-bond donors (Lipinski definition) is 3. The summed E-state index contributed by atoms with van der Waals surface area (Å²) in [5.74, 6) is -0.525. The van der Waals surface area contributed by atoms with E-state index in [1.165, 1.54) is 0 Å². The zero-order chi connectivity index (χ0) is 33.3. The van der Waals surface area contributed by atoms with Crippen molar-refractivity contribution in [3.05, 3.63) is 114 Å². The number of hydrogen-bond acceptors (Lipinski definition) is 9. The topological polar surface area (TPSA) is 137 Å². The van der Waals surface area contributed by atoms with E-state index in [0.29, 0.717) is 13.0 Å².